The second-order valence-corrected chi connectivity index (χ2v) is 5.16. The number of hydrogen-bond donors (Lipinski definition) is 1. The molecule has 0 spiro atoms. The number of alkyl halides is 3. The molecule has 2 aromatic heterocycles. The Labute approximate surface area is 138 Å². The molecule has 1 N–H and O–H groups in total. The average molecular weight is 356 g/mol. The highest BCUT2D eigenvalue weighted by molar-refractivity contribution is 5.66. The van der Waals surface area contributed by atoms with Gasteiger partial charge in [0.15, 0.2) is 17.2 Å². The van der Waals surface area contributed by atoms with E-state index in [1.165, 1.54) is 13.2 Å². The number of nitrogens with one attached hydrogen (secondary N) is 1. The molecule has 0 atom stereocenters. The van der Waals surface area contributed by atoms with E-state index in [4.69, 9.17) is 4.74 Å². The third kappa shape index (κ3) is 3.78. The monoisotopic (exact) mass is 356 g/mol. The number of hydrogen-bond acceptors (Lipinski definition) is 5. The Morgan fingerprint density at radius 3 is 2.56 bits per heavy atom. The fourth-order valence-electron chi connectivity index (χ4n) is 2.30. The number of nitrogens with zero attached hydrogens (tertiary/aromatic N) is 3. The maximum Gasteiger partial charge on any atom is 0.573 e. The number of benzene rings is 1. The first-order valence-corrected chi connectivity index (χ1v) is 7.06. The topological polar surface area (TPSA) is 72.9 Å². The van der Waals surface area contributed by atoms with E-state index in [0.29, 0.717) is 28.4 Å². The van der Waals surface area contributed by atoms with Crippen LogP contribution >= 0.6 is 0 Å². The van der Waals surface area contributed by atoms with Crippen LogP contribution in [0.3, 0.4) is 0 Å². The van der Waals surface area contributed by atoms with Crippen LogP contribution in [0.1, 0.15) is 17.1 Å². The van der Waals surface area contributed by atoms with E-state index in [1.807, 2.05) is 0 Å². The number of fused-ring (bicyclic) bond motifs is 1. The zero-order valence-corrected chi connectivity index (χ0v) is 13.1. The van der Waals surface area contributed by atoms with Crippen LogP contribution in [0.15, 0.2) is 18.2 Å². The maximum atomic E-state index is 13.8. The van der Waals surface area contributed by atoms with Gasteiger partial charge in [0.25, 0.3) is 0 Å². The number of aryl methyl sites for hydroxylation is 1. The van der Waals surface area contributed by atoms with Crippen molar-refractivity contribution in [2.24, 2.45) is 0 Å². The smallest absolute Gasteiger partial charge is 0.480 e. The fraction of sp³-hybridized carbons (Fsp3) is 0.267. The number of rotatable bonds is 4. The van der Waals surface area contributed by atoms with Crippen molar-refractivity contribution in [1.82, 2.24) is 19.9 Å². The summed E-state index contributed by atoms with van der Waals surface area (Å²) >= 11 is 0. The first kappa shape index (κ1) is 16.9. The van der Waals surface area contributed by atoms with Crippen LogP contribution in [0, 0.1) is 12.7 Å². The van der Waals surface area contributed by atoms with Crippen molar-refractivity contribution < 1.29 is 27.0 Å². The highest BCUT2D eigenvalue weighted by Crippen LogP contribution is 2.27. The summed E-state index contributed by atoms with van der Waals surface area (Å²) in [5.74, 6) is -1.20. The lowest BCUT2D eigenvalue weighted by Gasteiger charge is -2.11. The molecule has 10 heteroatoms. The highest BCUT2D eigenvalue weighted by atomic mass is 19.4. The summed E-state index contributed by atoms with van der Waals surface area (Å²) < 4.78 is 59.1. The van der Waals surface area contributed by atoms with Gasteiger partial charge in [-0.1, -0.05) is 6.07 Å². The van der Waals surface area contributed by atoms with Crippen molar-refractivity contribution in [3.8, 4) is 11.6 Å². The Bertz CT molecular complexity index is 924. The molecule has 2 heterocycles. The minimum Gasteiger partial charge on any atom is -0.480 e. The van der Waals surface area contributed by atoms with Gasteiger partial charge in [0, 0.05) is 6.42 Å². The molecular weight excluding hydrogens is 344 g/mol. The lowest BCUT2D eigenvalue weighted by atomic mass is 10.1. The largest absolute Gasteiger partial charge is 0.573 e. The molecule has 0 aliphatic heterocycles. The molecule has 0 aliphatic carbocycles. The second kappa shape index (κ2) is 6.19. The third-order valence-electron chi connectivity index (χ3n) is 3.27. The number of methoxy groups -OCH3 is 1. The van der Waals surface area contributed by atoms with Gasteiger partial charge >= 0.3 is 6.36 Å². The van der Waals surface area contributed by atoms with Crippen LogP contribution < -0.4 is 9.47 Å². The Morgan fingerprint density at radius 2 is 1.92 bits per heavy atom. The van der Waals surface area contributed by atoms with Crippen LogP contribution in [0.25, 0.3) is 11.3 Å². The summed E-state index contributed by atoms with van der Waals surface area (Å²) in [7, 11) is 1.40. The molecule has 0 saturated heterocycles. The van der Waals surface area contributed by atoms with Crippen LogP contribution in [0.4, 0.5) is 17.6 Å². The molecule has 0 unspecified atom stereocenters. The molecule has 3 rings (SSSR count). The van der Waals surface area contributed by atoms with Crippen LogP contribution in [0.5, 0.6) is 11.6 Å². The number of ether oxygens (including phenoxy) is 2. The van der Waals surface area contributed by atoms with Crippen LogP contribution in [-0.2, 0) is 6.42 Å². The SMILES string of the molecule is COc1nc2nc(C)[nH]c2nc1Cc1ccc(OC(F)(F)F)c(F)c1. The van der Waals surface area contributed by atoms with E-state index in [-0.39, 0.29) is 12.3 Å². The van der Waals surface area contributed by atoms with Gasteiger partial charge < -0.3 is 14.5 Å². The summed E-state index contributed by atoms with van der Waals surface area (Å²) in [5.41, 5.74) is 1.58. The average Bonchev–Trinajstić information content (AvgIpc) is 2.87. The van der Waals surface area contributed by atoms with Crippen molar-refractivity contribution in [2.75, 3.05) is 7.11 Å². The van der Waals surface area contributed by atoms with Gasteiger partial charge in [0.2, 0.25) is 11.5 Å². The first-order chi connectivity index (χ1) is 11.7. The first-order valence-electron chi connectivity index (χ1n) is 7.06. The van der Waals surface area contributed by atoms with Gasteiger partial charge in [0.05, 0.1) is 7.11 Å². The minimum atomic E-state index is -4.96. The predicted octanol–water partition coefficient (Wildman–Crippen LogP) is 3.30. The van der Waals surface area contributed by atoms with Crippen molar-refractivity contribution in [2.45, 2.75) is 19.7 Å². The van der Waals surface area contributed by atoms with E-state index >= 15 is 0 Å². The number of H-pyrrole nitrogens is 1. The van der Waals surface area contributed by atoms with E-state index < -0.39 is 17.9 Å². The number of aromatic nitrogens is 4. The Kier molecular flexibility index (Phi) is 4.19. The second-order valence-electron chi connectivity index (χ2n) is 5.16. The predicted molar refractivity (Wildman–Crippen MR) is 78.9 cm³/mol. The van der Waals surface area contributed by atoms with Crippen molar-refractivity contribution in [3.63, 3.8) is 0 Å². The van der Waals surface area contributed by atoms with E-state index in [0.717, 1.165) is 12.1 Å². The summed E-state index contributed by atoms with van der Waals surface area (Å²) in [6, 6.07) is 3.18. The highest BCUT2D eigenvalue weighted by Gasteiger charge is 2.32. The van der Waals surface area contributed by atoms with Crippen LogP contribution in [0.2, 0.25) is 0 Å². The van der Waals surface area contributed by atoms with E-state index in [2.05, 4.69) is 24.7 Å². The molecule has 6 nitrogen and oxygen atoms in total. The molecule has 0 bridgehead atoms. The van der Waals surface area contributed by atoms with Crippen LogP contribution in [-0.4, -0.2) is 33.4 Å². The maximum absolute atomic E-state index is 13.8. The number of aromatic amines is 1. The zero-order chi connectivity index (χ0) is 18.2. The molecule has 0 radical (unpaired) electrons. The normalized spacial score (nSPS) is 11.8. The Balaban J connectivity index is 1.91. The Hall–Kier alpha value is -2.91. The van der Waals surface area contributed by atoms with Gasteiger partial charge in [0.1, 0.15) is 11.5 Å². The quantitative estimate of drug-likeness (QED) is 0.726. The fourth-order valence-corrected chi connectivity index (χ4v) is 2.30. The molecule has 25 heavy (non-hydrogen) atoms. The lowest BCUT2D eigenvalue weighted by Crippen LogP contribution is -2.18. The van der Waals surface area contributed by atoms with Gasteiger partial charge in [-0.3, -0.25) is 0 Å². The summed E-state index contributed by atoms with van der Waals surface area (Å²) in [6.07, 6.45) is -4.85. The molecule has 0 aliphatic rings. The molecule has 1 aromatic carbocycles. The van der Waals surface area contributed by atoms with E-state index in [1.54, 1.807) is 6.92 Å². The number of imidazole rings is 1. The van der Waals surface area contributed by atoms with Gasteiger partial charge in [-0.15, -0.1) is 13.2 Å². The van der Waals surface area contributed by atoms with Gasteiger partial charge in [-0.2, -0.15) is 4.98 Å². The molecular formula is C15H12F4N4O2. The molecule has 132 valence electrons. The van der Waals surface area contributed by atoms with Crippen molar-refractivity contribution in [3.05, 3.63) is 41.1 Å². The summed E-state index contributed by atoms with van der Waals surface area (Å²) in [4.78, 5) is 15.6. The Morgan fingerprint density at radius 1 is 1.16 bits per heavy atom. The minimum absolute atomic E-state index is 0.105. The number of halogens is 4. The zero-order valence-electron chi connectivity index (χ0n) is 13.1. The summed E-state index contributed by atoms with van der Waals surface area (Å²) in [6.45, 7) is 1.74. The summed E-state index contributed by atoms with van der Waals surface area (Å²) in [5, 5.41) is 0. The van der Waals surface area contributed by atoms with E-state index in [9.17, 15) is 17.6 Å². The molecule has 0 amide bonds. The molecule has 0 saturated carbocycles. The molecule has 3 aromatic rings. The van der Waals surface area contributed by atoms with Crippen molar-refractivity contribution >= 4 is 11.3 Å². The lowest BCUT2D eigenvalue weighted by molar-refractivity contribution is -0.275. The van der Waals surface area contributed by atoms with Crippen molar-refractivity contribution in [1.29, 1.82) is 0 Å². The van der Waals surface area contributed by atoms with Gasteiger partial charge in [-0.25, -0.2) is 14.4 Å². The molecule has 0 fully saturated rings. The third-order valence-corrected chi connectivity index (χ3v) is 3.27. The standard InChI is InChI=1S/C15H12F4N4O2/c1-7-20-12-13(21-7)23-14(24-2)10(22-12)6-8-3-4-11(9(16)5-8)25-15(17,18)19/h3-5H,6H2,1-2H3,(H,20,21,22,23). The van der Waals surface area contributed by atoms with Gasteiger partial charge in [-0.05, 0) is 24.6 Å².